The second-order valence-electron chi connectivity index (χ2n) is 12.2. The monoisotopic (exact) mass is 565 g/mol. The van der Waals surface area contributed by atoms with Crippen molar-refractivity contribution in [3.05, 3.63) is 50.0 Å². The third-order valence-corrected chi connectivity index (χ3v) is 8.83. The van der Waals surface area contributed by atoms with Crippen LogP contribution < -0.4 is 15.2 Å². The number of carbonyl (C=O) groups excluding carboxylic acids is 1. The molecule has 2 aromatic heterocycles. The molecule has 2 atom stereocenters. The second kappa shape index (κ2) is 11.9. The fourth-order valence-electron chi connectivity index (χ4n) is 5.65. The lowest BCUT2D eigenvalue weighted by molar-refractivity contribution is -0.325. The summed E-state index contributed by atoms with van der Waals surface area (Å²) in [5.41, 5.74) is 1.82. The Labute approximate surface area is 240 Å². The van der Waals surface area contributed by atoms with Gasteiger partial charge in [0.2, 0.25) is 11.8 Å². The van der Waals surface area contributed by atoms with Crippen molar-refractivity contribution in [3.8, 4) is 17.7 Å². The molecular formula is C31H39N3O5S. The predicted octanol–water partition coefficient (Wildman–Crippen LogP) is 5.95. The second-order valence-corrected chi connectivity index (χ2v) is 13.3. The first-order valence-electron chi connectivity index (χ1n) is 14.2. The molecule has 9 heteroatoms. The summed E-state index contributed by atoms with van der Waals surface area (Å²) >= 11 is 1.55. The van der Waals surface area contributed by atoms with E-state index in [1.807, 2.05) is 4.90 Å². The average Bonchev–Trinajstić information content (AvgIpc) is 3.27. The molecule has 0 unspecified atom stereocenters. The van der Waals surface area contributed by atoms with Crippen LogP contribution in [0.15, 0.2) is 34.6 Å². The van der Waals surface area contributed by atoms with Crippen LogP contribution in [-0.4, -0.2) is 35.0 Å². The van der Waals surface area contributed by atoms with Crippen LogP contribution in [0.4, 0.5) is 5.69 Å². The smallest absolute Gasteiger partial charge is 0.264 e. The van der Waals surface area contributed by atoms with Gasteiger partial charge >= 0.3 is 0 Å². The summed E-state index contributed by atoms with van der Waals surface area (Å²) in [7, 11) is 0. The first kappa shape index (κ1) is 28.6. The van der Waals surface area contributed by atoms with E-state index in [0.29, 0.717) is 5.88 Å². The highest BCUT2D eigenvalue weighted by molar-refractivity contribution is 7.13. The highest BCUT2D eigenvalue weighted by Gasteiger charge is 2.40. The van der Waals surface area contributed by atoms with Crippen LogP contribution in [0, 0.1) is 29.1 Å². The molecule has 2 aliphatic carbocycles. The van der Waals surface area contributed by atoms with Gasteiger partial charge in [-0.2, -0.15) is 0 Å². The van der Waals surface area contributed by atoms with Gasteiger partial charge in [0.1, 0.15) is 6.10 Å². The molecule has 2 aromatic rings. The number of hydrogen-bond donors (Lipinski definition) is 1. The van der Waals surface area contributed by atoms with Crippen LogP contribution in [0.5, 0.6) is 5.88 Å². The molecular weight excluding hydrogens is 526 g/mol. The van der Waals surface area contributed by atoms with Gasteiger partial charge in [0, 0.05) is 29.5 Å². The lowest BCUT2D eigenvalue weighted by atomic mass is 9.79. The molecule has 0 bridgehead atoms. The van der Waals surface area contributed by atoms with E-state index in [1.165, 1.54) is 11.6 Å². The van der Waals surface area contributed by atoms with Crippen molar-refractivity contribution in [3.63, 3.8) is 0 Å². The number of ether oxygens (including phenoxy) is 3. The summed E-state index contributed by atoms with van der Waals surface area (Å²) in [6.07, 6.45) is 6.55. The zero-order valence-corrected chi connectivity index (χ0v) is 24.8. The normalized spacial score (nSPS) is 25.3. The van der Waals surface area contributed by atoms with Gasteiger partial charge in [0.15, 0.2) is 13.1 Å². The Kier molecular flexibility index (Phi) is 8.50. The van der Waals surface area contributed by atoms with Gasteiger partial charge in [-0.1, -0.05) is 30.4 Å². The Morgan fingerprint density at radius 1 is 1.20 bits per heavy atom. The van der Waals surface area contributed by atoms with Crippen molar-refractivity contribution >= 4 is 22.9 Å². The summed E-state index contributed by atoms with van der Waals surface area (Å²) in [5.74, 6) is 7.43. The van der Waals surface area contributed by atoms with E-state index in [1.54, 1.807) is 17.4 Å². The number of hydrogen-bond acceptors (Lipinski definition) is 7. The summed E-state index contributed by atoms with van der Waals surface area (Å²) in [6.45, 7) is 10.9. The standard InChI is InChI=1S/C31H39N3O5S/c1-19-6-11-24(20(2)16-19)29(36)34(21-7-9-22(10-8-21)39-27-13-12-26(35)32-33-27)25-17-23(14-15-31(3,4)5)40-28(25)30-37-18-38-30/h6,12-13,17,20-22,24,30H,7-11,16,18H2,1-5H3,(H,32,35)/t20-,21-,22-,24-/m0/s1. The molecule has 8 nitrogen and oxygen atoms in total. The quantitative estimate of drug-likeness (QED) is 0.344. The minimum Gasteiger partial charge on any atom is -0.473 e. The van der Waals surface area contributed by atoms with Crippen molar-refractivity contribution in [1.82, 2.24) is 10.2 Å². The first-order valence-corrected chi connectivity index (χ1v) is 15.0. The Morgan fingerprint density at radius 2 is 1.95 bits per heavy atom. The molecule has 0 spiro atoms. The van der Waals surface area contributed by atoms with Gasteiger partial charge in [-0.05, 0) is 78.2 Å². The predicted molar refractivity (Wildman–Crippen MR) is 155 cm³/mol. The molecule has 3 heterocycles. The summed E-state index contributed by atoms with van der Waals surface area (Å²) in [6, 6.07) is 5.09. The van der Waals surface area contributed by atoms with E-state index < -0.39 is 6.29 Å². The maximum absolute atomic E-state index is 14.4. The summed E-state index contributed by atoms with van der Waals surface area (Å²) in [5, 5.41) is 6.42. The van der Waals surface area contributed by atoms with E-state index in [-0.39, 0.29) is 47.7 Å². The molecule has 1 amide bonds. The number of thiophene rings is 1. The molecule has 1 saturated carbocycles. The van der Waals surface area contributed by atoms with Crippen LogP contribution in [0.2, 0.25) is 0 Å². The highest BCUT2D eigenvalue weighted by atomic mass is 32.1. The van der Waals surface area contributed by atoms with Gasteiger partial charge in [0.25, 0.3) is 5.56 Å². The van der Waals surface area contributed by atoms with Crippen molar-refractivity contribution in [1.29, 1.82) is 0 Å². The maximum Gasteiger partial charge on any atom is 0.264 e. The van der Waals surface area contributed by atoms with Crippen LogP contribution in [0.3, 0.4) is 0 Å². The van der Waals surface area contributed by atoms with E-state index in [0.717, 1.165) is 54.0 Å². The fourth-order valence-corrected chi connectivity index (χ4v) is 6.66. The molecule has 1 N–H and O–H groups in total. The van der Waals surface area contributed by atoms with Crippen LogP contribution in [0.25, 0.3) is 0 Å². The molecule has 0 aromatic carbocycles. The van der Waals surface area contributed by atoms with E-state index in [4.69, 9.17) is 14.2 Å². The number of anilines is 1. The number of carbonyl (C=O) groups is 1. The van der Waals surface area contributed by atoms with Gasteiger partial charge in [-0.25, -0.2) is 5.10 Å². The molecule has 1 saturated heterocycles. The minimum atomic E-state index is -0.475. The third kappa shape index (κ3) is 6.68. The first-order chi connectivity index (χ1) is 19.1. The Bertz CT molecular complexity index is 1350. The van der Waals surface area contributed by atoms with Crippen molar-refractivity contribution in [2.75, 3.05) is 11.7 Å². The van der Waals surface area contributed by atoms with Crippen molar-refractivity contribution < 1.29 is 19.0 Å². The molecule has 40 heavy (non-hydrogen) atoms. The summed E-state index contributed by atoms with van der Waals surface area (Å²) in [4.78, 5) is 29.6. The topological polar surface area (TPSA) is 93.7 Å². The number of H-pyrrole nitrogens is 1. The van der Waals surface area contributed by atoms with Gasteiger partial charge in [-0.15, -0.1) is 16.4 Å². The number of aromatic amines is 1. The van der Waals surface area contributed by atoms with Crippen LogP contribution in [-0.2, 0) is 14.3 Å². The molecule has 0 radical (unpaired) electrons. The van der Waals surface area contributed by atoms with Crippen LogP contribution >= 0.6 is 11.3 Å². The lowest BCUT2D eigenvalue weighted by Gasteiger charge is -2.41. The Hall–Kier alpha value is -2.93. The number of aromatic nitrogens is 2. The third-order valence-electron chi connectivity index (χ3n) is 7.77. The Balaban J connectivity index is 1.44. The Morgan fingerprint density at radius 3 is 2.55 bits per heavy atom. The number of nitrogens with zero attached hydrogens (tertiary/aromatic N) is 2. The largest absolute Gasteiger partial charge is 0.473 e. The highest BCUT2D eigenvalue weighted by Crippen LogP contribution is 2.44. The SMILES string of the molecule is CC1=CC[C@H](C(=O)N(c2cc(C#CC(C)(C)C)sc2C2OCO2)[C@H]2CC[C@H](Oc3ccc(=O)[nH]n3)CC2)[C@@H](C)C1. The number of rotatable bonds is 6. The van der Waals surface area contributed by atoms with E-state index in [9.17, 15) is 9.59 Å². The molecule has 3 aliphatic rings. The zero-order valence-electron chi connectivity index (χ0n) is 24.0. The van der Waals surface area contributed by atoms with Crippen LogP contribution in [0.1, 0.15) is 89.2 Å². The zero-order chi connectivity index (χ0) is 28.4. The number of amides is 1. The maximum atomic E-state index is 14.4. The molecule has 5 rings (SSSR count). The van der Waals surface area contributed by atoms with Crippen molar-refractivity contribution in [2.45, 2.75) is 91.6 Å². The molecule has 2 fully saturated rings. The van der Waals surface area contributed by atoms with E-state index >= 15 is 0 Å². The molecule has 214 valence electrons. The van der Waals surface area contributed by atoms with E-state index in [2.05, 4.69) is 68.8 Å². The number of nitrogens with one attached hydrogen (secondary N) is 1. The number of allylic oxidation sites excluding steroid dienone is 2. The van der Waals surface area contributed by atoms with Gasteiger partial charge < -0.3 is 19.1 Å². The summed E-state index contributed by atoms with van der Waals surface area (Å²) < 4.78 is 17.6. The lowest BCUT2D eigenvalue weighted by Crippen LogP contribution is -2.48. The average molecular weight is 566 g/mol. The minimum absolute atomic E-state index is 0.0203. The fraction of sp³-hybridized carbons (Fsp3) is 0.581. The molecule has 1 aliphatic heterocycles. The van der Waals surface area contributed by atoms with Crippen molar-refractivity contribution in [2.24, 2.45) is 17.3 Å². The van der Waals surface area contributed by atoms with Gasteiger partial charge in [-0.3, -0.25) is 9.59 Å². The van der Waals surface area contributed by atoms with Gasteiger partial charge in [0.05, 0.1) is 15.4 Å².